The van der Waals surface area contributed by atoms with Crippen LogP contribution in [-0.2, 0) is 17.5 Å². The van der Waals surface area contributed by atoms with E-state index in [4.69, 9.17) is 15.7 Å². The maximum atomic E-state index is 14.4. The van der Waals surface area contributed by atoms with Gasteiger partial charge in [-0.15, -0.1) is 11.3 Å². The number of halogens is 4. The molecule has 5 nitrogen and oxygen atoms in total. The van der Waals surface area contributed by atoms with Gasteiger partial charge in [-0.2, -0.15) is 13.2 Å². The Balaban J connectivity index is 1.75. The number of aromatic nitrogens is 1. The molecule has 0 spiro atoms. The van der Waals surface area contributed by atoms with E-state index in [-0.39, 0.29) is 18.0 Å². The average Bonchev–Trinajstić information content (AvgIpc) is 3.03. The number of rotatable bonds is 5. The summed E-state index contributed by atoms with van der Waals surface area (Å²) < 4.78 is 58.5. The van der Waals surface area contributed by atoms with Crippen molar-refractivity contribution >= 4 is 17.2 Å². The summed E-state index contributed by atoms with van der Waals surface area (Å²) in [6, 6.07) is 4.79. The summed E-state index contributed by atoms with van der Waals surface area (Å²) in [5, 5.41) is 12.2. The Morgan fingerprint density at radius 1 is 1.23 bits per heavy atom. The van der Waals surface area contributed by atoms with Gasteiger partial charge in [-0.05, 0) is 43.7 Å². The van der Waals surface area contributed by atoms with E-state index in [9.17, 15) is 17.6 Å². The monoisotopic (exact) mass is 453 g/mol. The predicted molar refractivity (Wildman–Crippen MR) is 110 cm³/mol. The number of thiazole rings is 1. The topological polar surface area (TPSA) is 80.7 Å². The van der Waals surface area contributed by atoms with Crippen LogP contribution in [0.1, 0.15) is 23.1 Å². The highest BCUT2D eigenvalue weighted by Crippen LogP contribution is 2.33. The number of hydrogen-bond donors (Lipinski definition) is 2. The third-order valence-corrected chi connectivity index (χ3v) is 5.83. The fourth-order valence-electron chi connectivity index (χ4n) is 2.84. The van der Waals surface area contributed by atoms with Gasteiger partial charge in [-0.1, -0.05) is 23.4 Å². The molecule has 1 aliphatic rings. The van der Waals surface area contributed by atoms with E-state index in [0.29, 0.717) is 21.8 Å². The molecule has 0 radical (unpaired) electrons. The molecule has 1 aromatic carbocycles. The number of hydrogen-bond acceptors (Lipinski definition) is 5. The lowest BCUT2D eigenvalue weighted by Crippen LogP contribution is -2.16. The Hall–Kier alpha value is -2.98. The highest BCUT2D eigenvalue weighted by Gasteiger charge is 2.30. The molecule has 0 amide bonds. The molecule has 0 bridgehead atoms. The lowest BCUT2D eigenvalue weighted by atomic mass is 10.1. The van der Waals surface area contributed by atoms with Crippen LogP contribution >= 0.6 is 11.3 Å². The molecule has 0 saturated carbocycles. The second-order valence-electron chi connectivity index (χ2n) is 6.83. The maximum Gasteiger partial charge on any atom is 0.416 e. The zero-order chi connectivity index (χ0) is 22.8. The van der Waals surface area contributed by atoms with Crippen LogP contribution in [0.2, 0.25) is 0 Å². The Kier molecular flexibility index (Phi) is 6.61. The molecule has 1 unspecified atom stereocenters. The number of amidine groups is 1. The van der Waals surface area contributed by atoms with Crippen molar-refractivity contribution in [2.75, 3.05) is 0 Å². The molecule has 3 rings (SSSR count). The lowest BCUT2D eigenvalue weighted by molar-refractivity contribution is -0.137. The van der Waals surface area contributed by atoms with E-state index in [0.717, 1.165) is 17.0 Å². The minimum absolute atomic E-state index is 0.0495. The number of oxime groups is 1. The van der Waals surface area contributed by atoms with Crippen LogP contribution in [0.3, 0.4) is 0 Å². The molecular formula is C21H19F4N3O2S. The molecule has 1 heterocycles. The molecule has 10 heteroatoms. The molecule has 3 N–H and O–H groups in total. The Morgan fingerprint density at radius 3 is 2.52 bits per heavy atom. The molecule has 0 aliphatic heterocycles. The van der Waals surface area contributed by atoms with Crippen molar-refractivity contribution in [2.24, 2.45) is 10.9 Å². The normalized spacial score (nSPS) is 17.7. The second kappa shape index (κ2) is 9.03. The summed E-state index contributed by atoms with van der Waals surface area (Å²) in [6.07, 6.45) is -0.827. The Labute approximate surface area is 179 Å². The number of nitrogens with two attached hydrogens (primary N) is 1. The minimum Gasteiger partial charge on any atom is -0.409 e. The zero-order valence-electron chi connectivity index (χ0n) is 16.6. The first kappa shape index (κ1) is 22.7. The molecule has 164 valence electrons. The highest BCUT2D eigenvalue weighted by atomic mass is 32.1. The first-order valence-corrected chi connectivity index (χ1v) is 9.91. The van der Waals surface area contributed by atoms with Crippen LogP contribution in [0.25, 0.3) is 10.6 Å². The standard InChI is InChI=1S/C21H19F4N3O2S/c1-11-3-8-15(19(26)28-29)16(22)9-17(11)30-10-18-12(2)27-20(31-18)13-4-6-14(7-5-13)21(23,24)25/h3-9,17,29H,10H2,1-2H3,(H2,26,28). The average molecular weight is 453 g/mol. The van der Waals surface area contributed by atoms with E-state index < -0.39 is 23.7 Å². The summed E-state index contributed by atoms with van der Waals surface area (Å²) >= 11 is 1.29. The van der Waals surface area contributed by atoms with Crippen LogP contribution in [0.4, 0.5) is 17.6 Å². The molecule has 1 atom stereocenters. The third kappa shape index (κ3) is 5.20. The molecule has 0 saturated heterocycles. The van der Waals surface area contributed by atoms with Crippen molar-refractivity contribution in [3.05, 3.63) is 75.6 Å². The van der Waals surface area contributed by atoms with E-state index in [1.54, 1.807) is 19.9 Å². The summed E-state index contributed by atoms with van der Waals surface area (Å²) in [6.45, 7) is 3.66. The molecule has 1 aliphatic carbocycles. The number of alkyl halides is 3. The van der Waals surface area contributed by atoms with Gasteiger partial charge in [-0.3, -0.25) is 0 Å². The predicted octanol–water partition coefficient (Wildman–Crippen LogP) is 5.51. The smallest absolute Gasteiger partial charge is 0.409 e. The lowest BCUT2D eigenvalue weighted by Gasteiger charge is -2.14. The molecule has 0 fully saturated rings. The van der Waals surface area contributed by atoms with Crippen LogP contribution in [0.5, 0.6) is 0 Å². The van der Waals surface area contributed by atoms with E-state index >= 15 is 0 Å². The van der Waals surface area contributed by atoms with Crippen molar-refractivity contribution in [1.82, 2.24) is 4.98 Å². The third-order valence-electron chi connectivity index (χ3n) is 4.65. The SMILES string of the molecule is CC1=CC=C(/C(N)=N/O)C(F)=CC1OCc1sc(-c2ccc(C(F)(F)F)cc2)nc1C. The van der Waals surface area contributed by atoms with Crippen molar-refractivity contribution in [2.45, 2.75) is 32.7 Å². The highest BCUT2D eigenvalue weighted by molar-refractivity contribution is 7.15. The largest absolute Gasteiger partial charge is 0.416 e. The zero-order valence-corrected chi connectivity index (χ0v) is 17.4. The number of aryl methyl sites for hydroxylation is 1. The van der Waals surface area contributed by atoms with Crippen LogP contribution in [0.15, 0.2) is 64.6 Å². The van der Waals surface area contributed by atoms with Gasteiger partial charge in [0.1, 0.15) is 16.9 Å². The first-order chi connectivity index (χ1) is 14.6. The van der Waals surface area contributed by atoms with Gasteiger partial charge in [0.2, 0.25) is 0 Å². The molecule has 1 aromatic heterocycles. The van der Waals surface area contributed by atoms with E-state index in [1.165, 1.54) is 35.6 Å². The number of ether oxygens (including phenoxy) is 1. The van der Waals surface area contributed by atoms with Crippen LogP contribution < -0.4 is 5.73 Å². The quantitative estimate of drug-likeness (QED) is 0.206. The van der Waals surface area contributed by atoms with Gasteiger partial charge >= 0.3 is 6.18 Å². The van der Waals surface area contributed by atoms with Gasteiger partial charge in [0.05, 0.1) is 28.3 Å². The summed E-state index contributed by atoms with van der Waals surface area (Å²) in [4.78, 5) is 5.19. The molecule has 31 heavy (non-hydrogen) atoms. The number of allylic oxidation sites excluding steroid dienone is 2. The minimum atomic E-state index is -4.40. The first-order valence-electron chi connectivity index (χ1n) is 9.09. The maximum absolute atomic E-state index is 14.4. The van der Waals surface area contributed by atoms with E-state index in [2.05, 4.69) is 10.1 Å². The van der Waals surface area contributed by atoms with Gasteiger partial charge in [0, 0.05) is 5.56 Å². The fraction of sp³-hybridized carbons (Fsp3) is 0.238. The van der Waals surface area contributed by atoms with Crippen molar-refractivity contribution < 1.29 is 27.5 Å². The number of benzene rings is 1. The van der Waals surface area contributed by atoms with Crippen molar-refractivity contribution in [1.29, 1.82) is 0 Å². The summed E-state index contributed by atoms with van der Waals surface area (Å²) in [5.41, 5.74) is 6.66. The van der Waals surface area contributed by atoms with Gasteiger partial charge in [0.15, 0.2) is 5.84 Å². The molecule has 2 aromatic rings. The van der Waals surface area contributed by atoms with Crippen molar-refractivity contribution in [3.8, 4) is 10.6 Å². The number of nitrogens with zero attached hydrogens (tertiary/aromatic N) is 2. The summed E-state index contributed by atoms with van der Waals surface area (Å²) in [5.74, 6) is -1.03. The van der Waals surface area contributed by atoms with Gasteiger partial charge in [0.25, 0.3) is 0 Å². The van der Waals surface area contributed by atoms with E-state index in [1.807, 2.05) is 0 Å². The fourth-order valence-corrected chi connectivity index (χ4v) is 3.83. The van der Waals surface area contributed by atoms with Gasteiger partial charge < -0.3 is 15.7 Å². The van der Waals surface area contributed by atoms with Crippen LogP contribution in [0, 0.1) is 6.92 Å². The second-order valence-corrected chi connectivity index (χ2v) is 7.91. The van der Waals surface area contributed by atoms with Crippen LogP contribution in [-0.4, -0.2) is 22.1 Å². The Bertz CT molecular complexity index is 1080. The van der Waals surface area contributed by atoms with Crippen molar-refractivity contribution in [3.63, 3.8) is 0 Å². The Morgan fingerprint density at radius 2 is 1.90 bits per heavy atom. The van der Waals surface area contributed by atoms with Gasteiger partial charge in [-0.25, -0.2) is 9.37 Å². The summed E-state index contributed by atoms with van der Waals surface area (Å²) in [7, 11) is 0. The molecular weight excluding hydrogens is 434 g/mol.